The molecular weight excluding hydrogens is 192 g/mol. The van der Waals surface area contributed by atoms with Gasteiger partial charge in [0.15, 0.2) is 5.82 Å². The second kappa shape index (κ2) is 4.25. The Kier molecular flexibility index (Phi) is 2.80. The molecule has 1 aromatic rings. The Morgan fingerprint density at radius 2 is 2.47 bits per heavy atom. The molecule has 5 nitrogen and oxygen atoms in total. The number of hydrogen-bond acceptors (Lipinski definition) is 4. The maximum absolute atomic E-state index is 11.1. The van der Waals surface area contributed by atoms with Gasteiger partial charge in [0, 0.05) is 19.3 Å². The summed E-state index contributed by atoms with van der Waals surface area (Å²) in [7, 11) is 0. The van der Waals surface area contributed by atoms with E-state index in [4.69, 9.17) is 5.73 Å². The zero-order chi connectivity index (χ0) is 10.7. The van der Waals surface area contributed by atoms with Crippen molar-refractivity contribution in [2.75, 3.05) is 18.0 Å². The molecule has 2 rings (SSSR count). The van der Waals surface area contributed by atoms with E-state index < -0.39 is 0 Å². The summed E-state index contributed by atoms with van der Waals surface area (Å²) < 4.78 is 0. The topological polar surface area (TPSA) is 72.1 Å². The predicted molar refractivity (Wildman–Crippen MR) is 56.2 cm³/mol. The summed E-state index contributed by atoms with van der Waals surface area (Å²) in [6.07, 6.45) is 3.50. The Labute approximate surface area is 88.3 Å². The highest BCUT2D eigenvalue weighted by molar-refractivity contribution is 5.77. The second-order valence-electron chi connectivity index (χ2n) is 3.77. The van der Waals surface area contributed by atoms with Crippen molar-refractivity contribution in [1.82, 2.24) is 10.2 Å². The van der Waals surface area contributed by atoms with E-state index in [9.17, 15) is 4.79 Å². The van der Waals surface area contributed by atoms with Gasteiger partial charge in [-0.1, -0.05) is 0 Å². The number of amides is 1. The molecule has 0 aliphatic carbocycles. The van der Waals surface area contributed by atoms with E-state index in [2.05, 4.69) is 15.1 Å². The molecule has 15 heavy (non-hydrogen) atoms. The molecule has 5 heteroatoms. The molecule has 0 unspecified atom stereocenters. The van der Waals surface area contributed by atoms with E-state index in [0.29, 0.717) is 6.54 Å². The number of nitrogens with zero attached hydrogens (tertiary/aromatic N) is 3. The third-order valence-electron chi connectivity index (χ3n) is 2.71. The molecule has 0 radical (unpaired) electrons. The van der Waals surface area contributed by atoms with Crippen molar-refractivity contribution in [3.05, 3.63) is 18.3 Å². The molecule has 80 valence electrons. The molecular formula is C10H14N4O. The summed E-state index contributed by atoms with van der Waals surface area (Å²) in [5.74, 6) is 0.549. The highest BCUT2D eigenvalue weighted by Crippen LogP contribution is 2.20. The largest absolute Gasteiger partial charge is 0.369 e. The Balaban J connectivity index is 2.08. The fourth-order valence-electron chi connectivity index (χ4n) is 1.88. The van der Waals surface area contributed by atoms with Crippen LogP contribution >= 0.6 is 0 Å². The fourth-order valence-corrected chi connectivity index (χ4v) is 1.88. The minimum absolute atomic E-state index is 0.0549. The van der Waals surface area contributed by atoms with Gasteiger partial charge in [-0.05, 0) is 25.0 Å². The maximum Gasteiger partial charge on any atom is 0.222 e. The average molecular weight is 206 g/mol. The van der Waals surface area contributed by atoms with Gasteiger partial charge in [0.2, 0.25) is 5.91 Å². The number of nitrogens with two attached hydrogens (primary N) is 1. The molecule has 1 aromatic heterocycles. The van der Waals surface area contributed by atoms with E-state index in [1.54, 1.807) is 6.20 Å². The highest BCUT2D eigenvalue weighted by atomic mass is 16.1. The molecule has 0 saturated carbocycles. The number of aromatic nitrogens is 2. The summed E-state index contributed by atoms with van der Waals surface area (Å²) in [6, 6.07) is 3.74. The van der Waals surface area contributed by atoms with Crippen molar-refractivity contribution < 1.29 is 4.79 Å². The summed E-state index contributed by atoms with van der Waals surface area (Å²) in [5.41, 5.74) is 5.31. The smallest absolute Gasteiger partial charge is 0.222 e. The van der Waals surface area contributed by atoms with E-state index in [1.165, 1.54) is 0 Å². The molecule has 0 aromatic carbocycles. The van der Waals surface area contributed by atoms with Crippen LogP contribution < -0.4 is 10.6 Å². The number of primary amides is 1. The Bertz CT molecular complexity index is 341. The van der Waals surface area contributed by atoms with E-state index in [0.717, 1.165) is 25.2 Å². The number of hydrogen-bond donors (Lipinski definition) is 1. The molecule has 0 bridgehead atoms. The molecule has 2 heterocycles. The minimum Gasteiger partial charge on any atom is -0.369 e. The van der Waals surface area contributed by atoms with Gasteiger partial charge < -0.3 is 10.6 Å². The fraction of sp³-hybridized carbons (Fsp3) is 0.500. The quantitative estimate of drug-likeness (QED) is 0.749. The van der Waals surface area contributed by atoms with Crippen LogP contribution in [0, 0.1) is 5.92 Å². The van der Waals surface area contributed by atoms with Crippen molar-refractivity contribution >= 4 is 11.7 Å². The lowest BCUT2D eigenvalue weighted by molar-refractivity contribution is -0.122. The number of carbonyl (C=O) groups excluding carboxylic acids is 1. The molecule has 1 atom stereocenters. The molecule has 0 spiro atoms. The standard InChI is InChI=1S/C10H14N4O/c11-10(15)8-3-2-6-14(7-8)9-4-1-5-12-13-9/h1,4-5,8H,2-3,6-7H2,(H2,11,15)/t8-/m0/s1. The third-order valence-corrected chi connectivity index (χ3v) is 2.71. The van der Waals surface area contributed by atoms with Gasteiger partial charge in [-0.15, -0.1) is 5.10 Å². The Morgan fingerprint density at radius 3 is 3.13 bits per heavy atom. The Hall–Kier alpha value is -1.65. The van der Waals surface area contributed by atoms with Gasteiger partial charge in [0.1, 0.15) is 0 Å². The van der Waals surface area contributed by atoms with Gasteiger partial charge in [-0.2, -0.15) is 5.10 Å². The molecule has 2 N–H and O–H groups in total. The van der Waals surface area contributed by atoms with Gasteiger partial charge in [-0.3, -0.25) is 4.79 Å². The first kappa shape index (κ1) is 9.89. The SMILES string of the molecule is NC(=O)[C@H]1CCCN(c2cccnn2)C1. The summed E-state index contributed by atoms with van der Waals surface area (Å²) in [6.45, 7) is 1.58. The van der Waals surface area contributed by atoms with Crippen molar-refractivity contribution in [3.63, 3.8) is 0 Å². The first-order valence-electron chi connectivity index (χ1n) is 5.09. The number of rotatable bonds is 2. The third kappa shape index (κ3) is 2.23. The second-order valence-corrected chi connectivity index (χ2v) is 3.77. The van der Waals surface area contributed by atoms with Crippen LogP contribution in [0.1, 0.15) is 12.8 Å². The lowest BCUT2D eigenvalue weighted by Gasteiger charge is -2.31. The summed E-state index contributed by atoms with van der Waals surface area (Å²) >= 11 is 0. The zero-order valence-electron chi connectivity index (χ0n) is 8.47. The highest BCUT2D eigenvalue weighted by Gasteiger charge is 2.24. The number of carbonyl (C=O) groups is 1. The molecule has 1 amide bonds. The molecule has 1 fully saturated rings. The number of anilines is 1. The summed E-state index contributed by atoms with van der Waals surface area (Å²) in [4.78, 5) is 13.2. The molecule has 1 saturated heterocycles. The molecule has 1 aliphatic rings. The van der Waals surface area contributed by atoms with Crippen LogP contribution in [-0.2, 0) is 4.79 Å². The van der Waals surface area contributed by atoms with Crippen LogP contribution in [-0.4, -0.2) is 29.2 Å². The van der Waals surface area contributed by atoms with E-state index in [1.807, 2.05) is 12.1 Å². The minimum atomic E-state index is -0.219. The Morgan fingerprint density at radius 1 is 1.60 bits per heavy atom. The van der Waals surface area contributed by atoms with Crippen LogP contribution in [0.4, 0.5) is 5.82 Å². The number of piperidine rings is 1. The first-order chi connectivity index (χ1) is 7.27. The normalized spacial score (nSPS) is 21.3. The van der Waals surface area contributed by atoms with E-state index in [-0.39, 0.29) is 11.8 Å². The molecule has 1 aliphatic heterocycles. The first-order valence-corrected chi connectivity index (χ1v) is 5.09. The lowest BCUT2D eigenvalue weighted by atomic mass is 9.97. The van der Waals surface area contributed by atoms with Crippen molar-refractivity contribution in [2.24, 2.45) is 11.7 Å². The van der Waals surface area contributed by atoms with Crippen LogP contribution in [0.5, 0.6) is 0 Å². The maximum atomic E-state index is 11.1. The average Bonchev–Trinajstić information content (AvgIpc) is 2.30. The summed E-state index contributed by atoms with van der Waals surface area (Å²) in [5, 5.41) is 7.84. The monoisotopic (exact) mass is 206 g/mol. The van der Waals surface area contributed by atoms with Gasteiger partial charge in [0.05, 0.1) is 5.92 Å². The van der Waals surface area contributed by atoms with Crippen LogP contribution in [0.2, 0.25) is 0 Å². The van der Waals surface area contributed by atoms with Gasteiger partial charge in [-0.25, -0.2) is 0 Å². The van der Waals surface area contributed by atoms with Crippen molar-refractivity contribution in [3.8, 4) is 0 Å². The van der Waals surface area contributed by atoms with Crippen LogP contribution in [0.15, 0.2) is 18.3 Å². The van der Waals surface area contributed by atoms with Crippen LogP contribution in [0.25, 0.3) is 0 Å². The lowest BCUT2D eigenvalue weighted by Crippen LogP contribution is -2.41. The van der Waals surface area contributed by atoms with Gasteiger partial charge >= 0.3 is 0 Å². The van der Waals surface area contributed by atoms with Crippen molar-refractivity contribution in [2.45, 2.75) is 12.8 Å². The van der Waals surface area contributed by atoms with Crippen LogP contribution in [0.3, 0.4) is 0 Å². The van der Waals surface area contributed by atoms with Gasteiger partial charge in [0.25, 0.3) is 0 Å². The zero-order valence-corrected chi connectivity index (χ0v) is 8.47. The predicted octanol–water partition coefficient (Wildman–Crippen LogP) is 0.178. The van der Waals surface area contributed by atoms with E-state index >= 15 is 0 Å². The van der Waals surface area contributed by atoms with Crippen molar-refractivity contribution in [1.29, 1.82) is 0 Å².